The Hall–Kier alpha value is -1.10. The molecule has 0 aliphatic heterocycles. The maximum Gasteiger partial charge on any atom is 0.305 e. The fourth-order valence-corrected chi connectivity index (χ4v) is 4.39. The molecule has 0 spiro atoms. The molecule has 37 heavy (non-hydrogen) atoms. The lowest BCUT2D eigenvalue weighted by molar-refractivity contribution is -0.144. The normalized spacial score (nSPS) is 11.1. The number of carbonyl (C=O) groups excluding carboxylic acids is 2. The average Bonchev–Trinajstić information content (AvgIpc) is 2.89. The third-order valence-corrected chi connectivity index (χ3v) is 6.86. The molecule has 0 saturated heterocycles. The lowest BCUT2D eigenvalue weighted by Gasteiger charge is -2.06. The zero-order chi connectivity index (χ0) is 27.1. The molecule has 0 heterocycles. The van der Waals surface area contributed by atoms with Crippen molar-refractivity contribution >= 4 is 11.9 Å². The van der Waals surface area contributed by atoms with Gasteiger partial charge in [-0.25, -0.2) is 0 Å². The first-order valence-corrected chi connectivity index (χ1v) is 16.1. The Balaban J connectivity index is 3.19. The smallest absolute Gasteiger partial charge is 0.305 e. The van der Waals surface area contributed by atoms with Gasteiger partial charge in [0.2, 0.25) is 0 Å². The van der Waals surface area contributed by atoms with Crippen LogP contribution in [0.25, 0.3) is 0 Å². The van der Waals surface area contributed by atoms with Gasteiger partial charge in [-0.3, -0.25) is 9.59 Å². The quantitative estimate of drug-likeness (QED) is 0.0689. The third-order valence-electron chi connectivity index (χ3n) is 6.86. The van der Waals surface area contributed by atoms with Crippen LogP contribution in [0.5, 0.6) is 0 Å². The summed E-state index contributed by atoms with van der Waals surface area (Å²) in [6.07, 6.45) is 26.7. The van der Waals surface area contributed by atoms with Gasteiger partial charge in [0.15, 0.2) is 0 Å². The molecule has 0 aliphatic rings. The summed E-state index contributed by atoms with van der Waals surface area (Å²) in [5.41, 5.74) is 0. The van der Waals surface area contributed by atoms with Gasteiger partial charge in [0, 0.05) is 26.1 Å². The van der Waals surface area contributed by atoms with Crippen LogP contribution in [0.3, 0.4) is 0 Å². The van der Waals surface area contributed by atoms with E-state index in [2.05, 4.69) is 13.8 Å². The van der Waals surface area contributed by atoms with Crippen molar-refractivity contribution in [1.82, 2.24) is 0 Å². The minimum Gasteiger partial charge on any atom is -0.466 e. The summed E-state index contributed by atoms with van der Waals surface area (Å²) in [5.74, 6) is -0.0550. The minimum atomic E-state index is -0.0275. The predicted molar refractivity (Wildman–Crippen MR) is 155 cm³/mol. The number of hydrogen-bond donors (Lipinski definition) is 0. The van der Waals surface area contributed by atoms with Crippen molar-refractivity contribution in [2.45, 2.75) is 168 Å². The number of ether oxygens (including phenoxy) is 3. The van der Waals surface area contributed by atoms with Crippen LogP contribution in [0, 0.1) is 0 Å². The molecule has 0 unspecified atom stereocenters. The molecule has 220 valence electrons. The summed E-state index contributed by atoms with van der Waals surface area (Å²) in [5, 5.41) is 0. The molecule has 0 aromatic heterocycles. The molecule has 0 aromatic rings. The monoisotopic (exact) mass is 526 g/mol. The second-order valence-electron chi connectivity index (χ2n) is 10.6. The zero-order valence-electron chi connectivity index (χ0n) is 24.8. The predicted octanol–water partition coefficient (Wildman–Crippen LogP) is 9.49. The Labute approximate surface area is 230 Å². The van der Waals surface area contributed by atoms with Gasteiger partial charge in [-0.1, -0.05) is 117 Å². The molecule has 5 nitrogen and oxygen atoms in total. The van der Waals surface area contributed by atoms with Crippen molar-refractivity contribution in [3.63, 3.8) is 0 Å². The summed E-state index contributed by atoms with van der Waals surface area (Å²) >= 11 is 0. The van der Waals surface area contributed by atoms with Crippen molar-refractivity contribution in [3.8, 4) is 0 Å². The van der Waals surface area contributed by atoms with Gasteiger partial charge in [-0.2, -0.15) is 0 Å². The largest absolute Gasteiger partial charge is 0.466 e. The molecule has 0 aliphatic carbocycles. The standard InChI is InChI=1S/C32H62O5/c1-3-5-7-9-17-23-29-36-31(33)25-19-13-11-15-21-27-35-28-22-16-12-14-20-26-32(34)37-30-24-18-10-8-6-4-2/h3-30H2,1-2H3. The highest BCUT2D eigenvalue weighted by Crippen LogP contribution is 2.10. The Kier molecular flexibility index (Phi) is 30.2. The topological polar surface area (TPSA) is 61.8 Å². The molecule has 0 fully saturated rings. The average molecular weight is 527 g/mol. The highest BCUT2D eigenvalue weighted by Gasteiger charge is 2.04. The Morgan fingerprint density at radius 3 is 1.05 bits per heavy atom. The van der Waals surface area contributed by atoms with E-state index in [0.29, 0.717) is 26.1 Å². The van der Waals surface area contributed by atoms with E-state index in [9.17, 15) is 9.59 Å². The molecule has 5 heteroatoms. The Bertz CT molecular complexity index is 438. The van der Waals surface area contributed by atoms with Crippen LogP contribution >= 0.6 is 0 Å². The van der Waals surface area contributed by atoms with Crippen molar-refractivity contribution < 1.29 is 23.8 Å². The molecule has 0 N–H and O–H groups in total. The van der Waals surface area contributed by atoms with Crippen LogP contribution in [0.15, 0.2) is 0 Å². The van der Waals surface area contributed by atoms with Crippen LogP contribution in [0.4, 0.5) is 0 Å². The maximum absolute atomic E-state index is 11.7. The molecule has 0 saturated carbocycles. The molecule has 0 rings (SSSR count). The van der Waals surface area contributed by atoms with Gasteiger partial charge in [0.25, 0.3) is 0 Å². The van der Waals surface area contributed by atoms with Gasteiger partial charge in [0.1, 0.15) is 0 Å². The maximum atomic E-state index is 11.7. The van der Waals surface area contributed by atoms with Gasteiger partial charge in [-0.05, 0) is 38.5 Å². The van der Waals surface area contributed by atoms with Crippen LogP contribution < -0.4 is 0 Å². The van der Waals surface area contributed by atoms with Crippen LogP contribution in [0.1, 0.15) is 168 Å². The first-order valence-electron chi connectivity index (χ1n) is 16.1. The van der Waals surface area contributed by atoms with E-state index in [1.165, 1.54) is 77.0 Å². The summed E-state index contributed by atoms with van der Waals surface area (Å²) < 4.78 is 16.4. The van der Waals surface area contributed by atoms with E-state index >= 15 is 0 Å². The van der Waals surface area contributed by atoms with E-state index in [4.69, 9.17) is 14.2 Å². The Morgan fingerprint density at radius 1 is 0.378 bits per heavy atom. The first kappa shape index (κ1) is 35.9. The van der Waals surface area contributed by atoms with E-state index in [0.717, 1.165) is 77.4 Å². The zero-order valence-corrected chi connectivity index (χ0v) is 24.8. The van der Waals surface area contributed by atoms with E-state index in [-0.39, 0.29) is 11.9 Å². The minimum absolute atomic E-state index is 0.0275. The van der Waals surface area contributed by atoms with E-state index < -0.39 is 0 Å². The molecular formula is C32H62O5. The summed E-state index contributed by atoms with van der Waals surface area (Å²) in [6, 6.07) is 0. The van der Waals surface area contributed by atoms with Gasteiger partial charge in [-0.15, -0.1) is 0 Å². The molecule has 0 amide bonds. The fourth-order valence-electron chi connectivity index (χ4n) is 4.39. The van der Waals surface area contributed by atoms with Gasteiger partial charge < -0.3 is 14.2 Å². The number of esters is 2. The number of carbonyl (C=O) groups is 2. The van der Waals surface area contributed by atoms with Crippen molar-refractivity contribution in [2.75, 3.05) is 26.4 Å². The summed E-state index contributed by atoms with van der Waals surface area (Å²) in [6.45, 7) is 7.31. The van der Waals surface area contributed by atoms with Crippen molar-refractivity contribution in [3.05, 3.63) is 0 Å². The number of hydrogen-bond acceptors (Lipinski definition) is 5. The second-order valence-corrected chi connectivity index (χ2v) is 10.6. The molecule has 0 aromatic carbocycles. The lowest BCUT2D eigenvalue weighted by atomic mass is 10.1. The summed E-state index contributed by atoms with van der Waals surface area (Å²) in [4.78, 5) is 23.5. The number of rotatable bonds is 30. The second kappa shape index (κ2) is 31.1. The molecule has 0 atom stereocenters. The number of unbranched alkanes of at least 4 members (excludes halogenated alkanes) is 18. The summed E-state index contributed by atoms with van der Waals surface area (Å²) in [7, 11) is 0. The lowest BCUT2D eigenvalue weighted by Crippen LogP contribution is -2.05. The highest BCUT2D eigenvalue weighted by molar-refractivity contribution is 5.69. The van der Waals surface area contributed by atoms with E-state index in [1.807, 2.05) is 0 Å². The highest BCUT2D eigenvalue weighted by atomic mass is 16.5. The first-order chi connectivity index (χ1) is 18.2. The van der Waals surface area contributed by atoms with Crippen molar-refractivity contribution in [2.24, 2.45) is 0 Å². The third kappa shape index (κ3) is 31.0. The van der Waals surface area contributed by atoms with Crippen molar-refractivity contribution in [1.29, 1.82) is 0 Å². The van der Waals surface area contributed by atoms with Crippen LogP contribution in [-0.2, 0) is 23.8 Å². The Morgan fingerprint density at radius 2 is 0.676 bits per heavy atom. The molecule has 0 radical (unpaired) electrons. The van der Waals surface area contributed by atoms with Crippen LogP contribution in [-0.4, -0.2) is 38.4 Å². The van der Waals surface area contributed by atoms with Gasteiger partial charge in [0.05, 0.1) is 13.2 Å². The molecule has 0 bridgehead atoms. The molecular weight excluding hydrogens is 464 g/mol. The fraction of sp³-hybridized carbons (Fsp3) is 0.938. The van der Waals surface area contributed by atoms with E-state index in [1.54, 1.807) is 0 Å². The van der Waals surface area contributed by atoms with Crippen LogP contribution in [0.2, 0.25) is 0 Å². The SMILES string of the molecule is CCCCCCCCOC(=O)CCCCCCCOCCCCCCCC(=O)OCCCCCCCC. The van der Waals surface area contributed by atoms with Gasteiger partial charge >= 0.3 is 11.9 Å².